The lowest BCUT2D eigenvalue weighted by Crippen LogP contribution is -2.40. The molecule has 1 saturated heterocycles. The van der Waals surface area contributed by atoms with Gasteiger partial charge in [0.1, 0.15) is 18.2 Å². The summed E-state index contributed by atoms with van der Waals surface area (Å²) >= 11 is 0. The van der Waals surface area contributed by atoms with Crippen LogP contribution in [0.2, 0.25) is 0 Å². The highest BCUT2D eigenvalue weighted by atomic mass is 35.5. The van der Waals surface area contributed by atoms with E-state index in [1.54, 1.807) is 18.4 Å². The lowest BCUT2D eigenvalue weighted by molar-refractivity contribution is -0.143. The zero-order valence-electron chi connectivity index (χ0n) is 17.7. The second kappa shape index (κ2) is 11.3. The van der Waals surface area contributed by atoms with E-state index in [2.05, 4.69) is 4.90 Å². The van der Waals surface area contributed by atoms with E-state index < -0.39 is 5.97 Å². The standard InChI is InChI=1S/C24H27F2NO3.ClH/c1-16-12-19(25)5-7-21(16)23(22-8-6-20(26)13-17(22)2)15-30-11-10-27-9-3-4-18(14-27)24(28)29;/h5-8,12-13,15,18H,3-4,9-11,14H2,1-2H3,(H,28,29);1H. The van der Waals surface area contributed by atoms with Crippen molar-refractivity contribution in [1.82, 2.24) is 4.90 Å². The molecule has 1 atom stereocenters. The van der Waals surface area contributed by atoms with Crippen molar-refractivity contribution in [3.63, 3.8) is 0 Å². The number of hydrogen-bond acceptors (Lipinski definition) is 3. The van der Waals surface area contributed by atoms with Crippen LogP contribution in [0.3, 0.4) is 0 Å². The van der Waals surface area contributed by atoms with Crippen LogP contribution in [0.4, 0.5) is 8.78 Å². The maximum Gasteiger partial charge on any atom is 0.307 e. The van der Waals surface area contributed by atoms with Crippen LogP contribution in [0, 0.1) is 31.4 Å². The average Bonchev–Trinajstić information content (AvgIpc) is 2.70. The Balaban J connectivity index is 0.00000341. The molecule has 0 aromatic heterocycles. The molecule has 1 N–H and O–H groups in total. The molecule has 1 aliphatic rings. The Morgan fingerprint density at radius 1 is 1.13 bits per heavy atom. The van der Waals surface area contributed by atoms with E-state index in [4.69, 9.17) is 4.74 Å². The average molecular weight is 452 g/mol. The molecule has 1 aliphatic heterocycles. The minimum Gasteiger partial charge on any atom is -0.499 e. The first kappa shape index (κ1) is 24.8. The maximum absolute atomic E-state index is 13.6. The number of benzene rings is 2. The van der Waals surface area contributed by atoms with E-state index >= 15 is 0 Å². The third-order valence-electron chi connectivity index (χ3n) is 5.54. The van der Waals surface area contributed by atoms with Crippen LogP contribution >= 0.6 is 12.4 Å². The molecule has 2 aromatic rings. The van der Waals surface area contributed by atoms with Gasteiger partial charge in [-0.2, -0.15) is 0 Å². The first-order valence-corrected chi connectivity index (χ1v) is 10.1. The molecule has 31 heavy (non-hydrogen) atoms. The minimum atomic E-state index is -0.749. The van der Waals surface area contributed by atoms with Crippen LogP contribution in [-0.2, 0) is 9.53 Å². The van der Waals surface area contributed by atoms with E-state index in [1.807, 2.05) is 13.8 Å². The molecule has 0 aliphatic carbocycles. The van der Waals surface area contributed by atoms with Crippen molar-refractivity contribution in [3.8, 4) is 0 Å². The first-order valence-electron chi connectivity index (χ1n) is 10.1. The second-order valence-corrected chi connectivity index (χ2v) is 7.80. The Kier molecular flexibility index (Phi) is 9.01. The summed E-state index contributed by atoms with van der Waals surface area (Å²) in [7, 11) is 0. The predicted octanol–water partition coefficient (Wildman–Crippen LogP) is 5.21. The van der Waals surface area contributed by atoms with Crippen molar-refractivity contribution in [1.29, 1.82) is 0 Å². The molecule has 7 heteroatoms. The molecule has 0 amide bonds. The summed E-state index contributed by atoms with van der Waals surface area (Å²) in [4.78, 5) is 13.3. The van der Waals surface area contributed by atoms with Gasteiger partial charge >= 0.3 is 5.97 Å². The van der Waals surface area contributed by atoms with E-state index in [1.165, 1.54) is 24.3 Å². The third-order valence-corrected chi connectivity index (χ3v) is 5.54. The Morgan fingerprint density at radius 3 is 2.23 bits per heavy atom. The summed E-state index contributed by atoms with van der Waals surface area (Å²) in [5.74, 6) is -1.70. The number of carboxylic acid groups (broad SMARTS) is 1. The maximum atomic E-state index is 13.6. The molecule has 1 heterocycles. The summed E-state index contributed by atoms with van der Waals surface area (Å²) < 4.78 is 33.0. The fraction of sp³-hybridized carbons (Fsp3) is 0.375. The van der Waals surface area contributed by atoms with Crippen molar-refractivity contribution in [2.45, 2.75) is 26.7 Å². The zero-order chi connectivity index (χ0) is 21.7. The monoisotopic (exact) mass is 451 g/mol. The molecule has 3 rings (SSSR count). The van der Waals surface area contributed by atoms with Crippen LogP contribution < -0.4 is 0 Å². The Hall–Kier alpha value is -2.44. The minimum absolute atomic E-state index is 0. The lowest BCUT2D eigenvalue weighted by atomic mass is 9.92. The quantitative estimate of drug-likeness (QED) is 0.464. The van der Waals surface area contributed by atoms with Crippen molar-refractivity contribution >= 4 is 23.9 Å². The normalized spacial score (nSPS) is 16.3. The van der Waals surface area contributed by atoms with E-state index in [-0.39, 0.29) is 30.0 Å². The van der Waals surface area contributed by atoms with Gasteiger partial charge in [0.2, 0.25) is 0 Å². The first-order chi connectivity index (χ1) is 14.3. The van der Waals surface area contributed by atoms with Gasteiger partial charge in [0.25, 0.3) is 0 Å². The number of rotatable bonds is 7. The van der Waals surface area contributed by atoms with Gasteiger partial charge in [-0.15, -0.1) is 12.4 Å². The van der Waals surface area contributed by atoms with Crippen LogP contribution in [0.25, 0.3) is 5.57 Å². The number of halogens is 3. The third kappa shape index (κ3) is 6.52. The summed E-state index contributed by atoms with van der Waals surface area (Å²) in [6.45, 7) is 6.06. The molecule has 4 nitrogen and oxygen atoms in total. The summed E-state index contributed by atoms with van der Waals surface area (Å²) in [6.07, 6.45) is 3.21. The number of nitrogens with zero attached hydrogens (tertiary/aromatic N) is 1. The number of aryl methyl sites for hydroxylation is 2. The molecular formula is C24H28ClF2NO3. The zero-order valence-corrected chi connectivity index (χ0v) is 18.6. The van der Waals surface area contributed by atoms with Gasteiger partial charge < -0.3 is 9.84 Å². The van der Waals surface area contributed by atoms with Gasteiger partial charge in [0, 0.05) is 18.7 Å². The predicted molar refractivity (Wildman–Crippen MR) is 119 cm³/mol. The highest BCUT2D eigenvalue weighted by Gasteiger charge is 2.25. The topological polar surface area (TPSA) is 49.8 Å². The molecule has 1 fully saturated rings. The smallest absolute Gasteiger partial charge is 0.307 e. The molecule has 0 bridgehead atoms. The Labute approximate surface area is 187 Å². The number of carbonyl (C=O) groups is 1. The van der Waals surface area contributed by atoms with Gasteiger partial charge in [-0.25, -0.2) is 8.78 Å². The molecular weight excluding hydrogens is 424 g/mol. The highest BCUT2D eigenvalue weighted by molar-refractivity contribution is 5.85. The van der Waals surface area contributed by atoms with E-state index in [0.717, 1.165) is 40.8 Å². The van der Waals surface area contributed by atoms with Crippen LogP contribution in [-0.4, -0.2) is 42.2 Å². The molecule has 0 saturated carbocycles. The molecule has 1 unspecified atom stereocenters. The molecule has 0 spiro atoms. The number of likely N-dealkylation sites (tertiary alicyclic amines) is 1. The van der Waals surface area contributed by atoms with E-state index in [0.29, 0.717) is 26.1 Å². The number of aliphatic carboxylic acids is 1. The van der Waals surface area contributed by atoms with Crippen molar-refractivity contribution in [3.05, 3.63) is 76.5 Å². The second-order valence-electron chi connectivity index (χ2n) is 7.80. The molecule has 168 valence electrons. The molecule has 0 radical (unpaired) electrons. The van der Waals surface area contributed by atoms with Gasteiger partial charge in [0.05, 0.1) is 12.2 Å². The summed E-state index contributed by atoms with van der Waals surface area (Å²) in [5, 5.41) is 9.22. The fourth-order valence-electron chi connectivity index (χ4n) is 3.91. The lowest BCUT2D eigenvalue weighted by Gasteiger charge is -2.30. The van der Waals surface area contributed by atoms with Gasteiger partial charge in [-0.05, 0) is 79.8 Å². The van der Waals surface area contributed by atoms with E-state index in [9.17, 15) is 18.7 Å². The summed E-state index contributed by atoms with van der Waals surface area (Å²) in [6, 6.07) is 9.11. The fourth-order valence-corrected chi connectivity index (χ4v) is 3.91. The number of carboxylic acids is 1. The van der Waals surface area contributed by atoms with Crippen LogP contribution in [0.1, 0.15) is 35.1 Å². The SMILES string of the molecule is Cc1cc(F)ccc1C(=COCCN1CCCC(C(=O)O)C1)c1ccc(F)cc1C.Cl. The number of hydrogen-bond donors (Lipinski definition) is 1. The Bertz CT molecular complexity index is 895. The van der Waals surface area contributed by atoms with Crippen LogP contribution in [0.15, 0.2) is 42.7 Å². The van der Waals surface area contributed by atoms with Crippen molar-refractivity contribution in [2.75, 3.05) is 26.2 Å². The summed E-state index contributed by atoms with van der Waals surface area (Å²) in [5.41, 5.74) is 3.90. The van der Waals surface area contributed by atoms with Crippen molar-refractivity contribution in [2.24, 2.45) is 5.92 Å². The Morgan fingerprint density at radius 2 is 1.71 bits per heavy atom. The van der Waals surface area contributed by atoms with Gasteiger partial charge in [-0.3, -0.25) is 9.69 Å². The number of ether oxygens (including phenoxy) is 1. The van der Waals surface area contributed by atoms with Crippen LogP contribution in [0.5, 0.6) is 0 Å². The van der Waals surface area contributed by atoms with Gasteiger partial charge in [-0.1, -0.05) is 12.1 Å². The highest BCUT2D eigenvalue weighted by Crippen LogP contribution is 2.29. The largest absolute Gasteiger partial charge is 0.499 e. The van der Waals surface area contributed by atoms with Crippen molar-refractivity contribution < 1.29 is 23.4 Å². The molecule has 2 aromatic carbocycles. The number of piperidine rings is 1. The van der Waals surface area contributed by atoms with Gasteiger partial charge in [0.15, 0.2) is 0 Å².